The van der Waals surface area contributed by atoms with Crippen LogP contribution >= 0.6 is 11.6 Å². The lowest BCUT2D eigenvalue weighted by molar-refractivity contribution is 0.0944. The van der Waals surface area contributed by atoms with E-state index in [0.29, 0.717) is 43.8 Å². The van der Waals surface area contributed by atoms with E-state index in [4.69, 9.17) is 16.6 Å². The molecule has 4 aromatic carbocycles. The Hall–Kier alpha value is -4.35. The highest BCUT2D eigenvalue weighted by Crippen LogP contribution is 2.32. The number of fused-ring (bicyclic) bond motifs is 2. The molecule has 0 unspecified atom stereocenters. The average Bonchev–Trinajstić information content (AvgIpc) is 2.87. The molecular weight excluding hydrogens is 446 g/mol. The highest BCUT2D eigenvalue weighted by molar-refractivity contribution is 6.33. The fourth-order valence-electron chi connectivity index (χ4n) is 3.94. The molecule has 0 fully saturated rings. The number of para-hydroxylation sites is 1. The summed E-state index contributed by atoms with van der Waals surface area (Å²) in [5.41, 5.74) is 8.84. The predicted molar refractivity (Wildman–Crippen MR) is 137 cm³/mol. The molecule has 0 aliphatic carbocycles. The van der Waals surface area contributed by atoms with Crippen LogP contribution in [0, 0.1) is 0 Å². The van der Waals surface area contributed by atoms with Gasteiger partial charge in [0, 0.05) is 26.9 Å². The third-order valence-electron chi connectivity index (χ3n) is 5.66. The van der Waals surface area contributed by atoms with Crippen LogP contribution in [0.5, 0.6) is 5.75 Å². The van der Waals surface area contributed by atoms with Crippen LogP contribution in [0.4, 0.5) is 0 Å². The molecule has 1 amide bonds. The van der Waals surface area contributed by atoms with Crippen molar-refractivity contribution in [2.45, 2.75) is 0 Å². The molecule has 0 radical (unpaired) electrons. The van der Waals surface area contributed by atoms with E-state index in [1.807, 2.05) is 72.8 Å². The summed E-state index contributed by atoms with van der Waals surface area (Å²) in [5.74, 6) is -0.270. The molecule has 5 aromatic rings. The first-order valence-corrected chi connectivity index (χ1v) is 11.0. The molecule has 6 heteroatoms. The number of aromatic nitrogens is 1. The second-order valence-electron chi connectivity index (χ2n) is 7.79. The summed E-state index contributed by atoms with van der Waals surface area (Å²) in [7, 11) is 0. The van der Waals surface area contributed by atoms with Crippen molar-refractivity contribution in [3.63, 3.8) is 0 Å². The van der Waals surface area contributed by atoms with E-state index in [9.17, 15) is 9.90 Å². The van der Waals surface area contributed by atoms with Gasteiger partial charge in [-0.2, -0.15) is 0 Å². The number of carbonyl (C=O) groups is 1. The van der Waals surface area contributed by atoms with Crippen LogP contribution in [-0.2, 0) is 0 Å². The van der Waals surface area contributed by atoms with Crippen molar-refractivity contribution in [2.75, 3.05) is 0 Å². The van der Waals surface area contributed by atoms with Crippen molar-refractivity contribution in [3.05, 3.63) is 114 Å². The van der Waals surface area contributed by atoms with Gasteiger partial charge >= 0.3 is 0 Å². The molecule has 3 N–H and O–H groups in total. The van der Waals surface area contributed by atoms with Crippen LogP contribution in [0.1, 0.15) is 15.9 Å². The van der Waals surface area contributed by atoms with Crippen LogP contribution in [0.15, 0.2) is 97.6 Å². The smallest absolute Gasteiger partial charge is 0.270 e. The molecule has 1 aromatic heterocycles. The van der Waals surface area contributed by atoms with E-state index in [2.05, 4.69) is 17.4 Å². The number of carbonyl (C=O) groups excluding carboxylic acids is 1. The minimum Gasteiger partial charge on any atom is -0.507 e. The SMILES string of the molecule is C=C(NNC(=O)c1cc(-c2ccccc2Cl)nc2ccccc12)c1ccc2ccccc2c1O. The number of nitrogens with zero attached hydrogens (tertiary/aromatic N) is 1. The predicted octanol–water partition coefficient (Wildman–Crippen LogP) is 6.32. The molecule has 5 rings (SSSR count). The van der Waals surface area contributed by atoms with Crippen molar-refractivity contribution in [1.82, 2.24) is 15.8 Å². The van der Waals surface area contributed by atoms with Crippen LogP contribution in [0.25, 0.3) is 38.6 Å². The van der Waals surface area contributed by atoms with Gasteiger partial charge in [0.2, 0.25) is 0 Å². The number of hydrogen-bond acceptors (Lipinski definition) is 4. The van der Waals surface area contributed by atoms with E-state index >= 15 is 0 Å². The topological polar surface area (TPSA) is 74.2 Å². The first-order valence-electron chi connectivity index (χ1n) is 10.6. The van der Waals surface area contributed by atoms with E-state index in [0.717, 1.165) is 10.9 Å². The number of pyridine rings is 1. The summed E-state index contributed by atoms with van der Waals surface area (Å²) >= 11 is 6.38. The third kappa shape index (κ3) is 3.93. The van der Waals surface area contributed by atoms with Crippen molar-refractivity contribution in [2.24, 2.45) is 0 Å². The van der Waals surface area contributed by atoms with Gasteiger partial charge in [-0.05, 0) is 29.7 Å². The Morgan fingerprint density at radius 2 is 1.53 bits per heavy atom. The largest absolute Gasteiger partial charge is 0.507 e. The zero-order valence-electron chi connectivity index (χ0n) is 18.0. The molecule has 0 saturated carbocycles. The summed E-state index contributed by atoms with van der Waals surface area (Å²) in [6.07, 6.45) is 0. The first-order chi connectivity index (χ1) is 16.5. The zero-order valence-corrected chi connectivity index (χ0v) is 18.8. The maximum Gasteiger partial charge on any atom is 0.270 e. The minimum atomic E-state index is -0.367. The molecule has 5 nitrogen and oxygen atoms in total. The summed E-state index contributed by atoms with van der Waals surface area (Å²) in [5, 5.41) is 13.6. The van der Waals surface area contributed by atoms with Crippen LogP contribution < -0.4 is 10.9 Å². The second-order valence-corrected chi connectivity index (χ2v) is 8.20. The molecule has 0 saturated heterocycles. The minimum absolute atomic E-state index is 0.0974. The highest BCUT2D eigenvalue weighted by Gasteiger charge is 2.16. The summed E-state index contributed by atoms with van der Waals surface area (Å²) in [6.45, 7) is 3.98. The monoisotopic (exact) mass is 465 g/mol. The molecule has 1 heterocycles. The number of benzene rings is 4. The first kappa shape index (κ1) is 21.5. The maximum absolute atomic E-state index is 13.2. The molecule has 34 heavy (non-hydrogen) atoms. The normalized spacial score (nSPS) is 10.9. The van der Waals surface area contributed by atoms with E-state index in [1.54, 1.807) is 18.2 Å². The van der Waals surface area contributed by atoms with Gasteiger partial charge in [0.15, 0.2) is 0 Å². The van der Waals surface area contributed by atoms with Gasteiger partial charge in [-0.15, -0.1) is 0 Å². The molecule has 0 spiro atoms. The number of aromatic hydroxyl groups is 1. The Morgan fingerprint density at radius 1 is 0.824 bits per heavy atom. The maximum atomic E-state index is 13.2. The molecule has 0 aliphatic rings. The number of hydrogen-bond donors (Lipinski definition) is 3. The van der Waals surface area contributed by atoms with Crippen LogP contribution in [0.3, 0.4) is 0 Å². The van der Waals surface area contributed by atoms with Crippen molar-refractivity contribution < 1.29 is 9.90 Å². The van der Waals surface area contributed by atoms with Gasteiger partial charge in [0.25, 0.3) is 5.91 Å². The number of hydrazine groups is 1. The van der Waals surface area contributed by atoms with E-state index in [-0.39, 0.29) is 11.7 Å². The molecule has 0 aliphatic heterocycles. The van der Waals surface area contributed by atoms with Crippen molar-refractivity contribution >= 4 is 44.9 Å². The Kier molecular flexibility index (Phi) is 5.62. The van der Waals surface area contributed by atoms with Gasteiger partial charge < -0.3 is 5.11 Å². The number of rotatable bonds is 5. The van der Waals surface area contributed by atoms with Gasteiger partial charge in [-0.3, -0.25) is 15.6 Å². The molecule has 0 atom stereocenters. The molecular formula is C28H20ClN3O2. The van der Waals surface area contributed by atoms with E-state index < -0.39 is 0 Å². The van der Waals surface area contributed by atoms with Crippen LogP contribution in [-0.4, -0.2) is 16.0 Å². The molecule has 0 bridgehead atoms. The summed E-state index contributed by atoms with van der Waals surface area (Å²) in [6, 6.07) is 27.7. The van der Waals surface area contributed by atoms with Gasteiger partial charge in [-0.25, -0.2) is 4.98 Å². The number of phenolic OH excluding ortho intramolecular Hbond substituents is 1. The van der Waals surface area contributed by atoms with Crippen LogP contribution in [0.2, 0.25) is 5.02 Å². The van der Waals surface area contributed by atoms with Gasteiger partial charge in [-0.1, -0.05) is 84.9 Å². The number of amides is 1. The van der Waals surface area contributed by atoms with Gasteiger partial charge in [0.05, 0.1) is 22.5 Å². The Labute approximate surface area is 201 Å². The number of halogens is 1. The van der Waals surface area contributed by atoms with Gasteiger partial charge in [0.1, 0.15) is 5.75 Å². The Morgan fingerprint density at radius 3 is 2.35 bits per heavy atom. The lowest BCUT2D eigenvalue weighted by Gasteiger charge is -2.15. The Balaban J connectivity index is 1.45. The second kappa shape index (κ2) is 8.89. The Bertz CT molecular complexity index is 1580. The average molecular weight is 466 g/mol. The quantitative estimate of drug-likeness (QED) is 0.265. The van der Waals surface area contributed by atoms with Crippen molar-refractivity contribution in [1.29, 1.82) is 0 Å². The lowest BCUT2D eigenvalue weighted by atomic mass is 10.0. The standard InChI is InChI=1S/C28H20ClN3O2/c1-17(19-15-14-18-8-2-3-9-20(18)27(19)33)31-32-28(34)23-16-26(22-11-4-6-12-24(22)29)30-25-13-7-5-10-21(23)25/h2-16,31,33H,1H2,(H,32,34). The number of phenols is 1. The fourth-order valence-corrected chi connectivity index (χ4v) is 4.17. The summed E-state index contributed by atoms with van der Waals surface area (Å²) < 4.78 is 0. The third-order valence-corrected chi connectivity index (χ3v) is 5.99. The zero-order chi connectivity index (χ0) is 23.7. The lowest BCUT2D eigenvalue weighted by Crippen LogP contribution is -2.36. The fraction of sp³-hybridized carbons (Fsp3) is 0. The number of nitrogens with one attached hydrogen (secondary N) is 2. The van der Waals surface area contributed by atoms with Crippen molar-refractivity contribution in [3.8, 4) is 17.0 Å². The molecule has 166 valence electrons. The van der Waals surface area contributed by atoms with E-state index in [1.165, 1.54) is 0 Å². The summed E-state index contributed by atoms with van der Waals surface area (Å²) in [4.78, 5) is 17.9. The highest BCUT2D eigenvalue weighted by atomic mass is 35.5.